The maximum atomic E-state index is 5.71. The number of hydrogen-bond donors (Lipinski definition) is 1. The zero-order valence-corrected chi connectivity index (χ0v) is 10.5. The third-order valence-electron chi connectivity index (χ3n) is 2.41. The first-order chi connectivity index (χ1) is 8.24. The molecule has 1 atom stereocenters. The summed E-state index contributed by atoms with van der Waals surface area (Å²) in [6.07, 6.45) is 0.0320. The smallest absolute Gasteiger partial charge is 0.0798 e. The van der Waals surface area contributed by atoms with Crippen molar-refractivity contribution in [3.05, 3.63) is 29.8 Å². The standard InChI is InChI=1S/C13H21NO3/c1-11(12-4-3-5-13(14)10-12)17-9-8-16-7-6-15-2/h3-5,10-11H,6-9,14H2,1-2H3. The molecule has 96 valence electrons. The highest BCUT2D eigenvalue weighted by Gasteiger charge is 2.05. The number of rotatable bonds is 8. The van der Waals surface area contributed by atoms with Crippen LogP contribution in [-0.2, 0) is 14.2 Å². The van der Waals surface area contributed by atoms with Gasteiger partial charge in [0.05, 0.1) is 32.5 Å². The molecular weight excluding hydrogens is 218 g/mol. The predicted molar refractivity (Wildman–Crippen MR) is 67.9 cm³/mol. The highest BCUT2D eigenvalue weighted by Crippen LogP contribution is 2.18. The topological polar surface area (TPSA) is 53.7 Å². The monoisotopic (exact) mass is 239 g/mol. The first kappa shape index (κ1) is 14.0. The van der Waals surface area contributed by atoms with Crippen molar-refractivity contribution >= 4 is 5.69 Å². The Hall–Kier alpha value is -1.10. The van der Waals surface area contributed by atoms with E-state index < -0.39 is 0 Å². The van der Waals surface area contributed by atoms with Gasteiger partial charge in [-0.15, -0.1) is 0 Å². The van der Waals surface area contributed by atoms with Crippen LogP contribution in [0.15, 0.2) is 24.3 Å². The Balaban J connectivity index is 2.19. The minimum Gasteiger partial charge on any atom is -0.399 e. The Labute approximate surface area is 103 Å². The molecule has 1 aromatic carbocycles. The second-order valence-corrected chi connectivity index (χ2v) is 3.79. The van der Waals surface area contributed by atoms with Gasteiger partial charge in [-0.1, -0.05) is 12.1 Å². The Kier molecular flexibility index (Phi) is 6.62. The summed E-state index contributed by atoms with van der Waals surface area (Å²) in [5.74, 6) is 0. The fraction of sp³-hybridized carbons (Fsp3) is 0.538. The predicted octanol–water partition coefficient (Wildman–Crippen LogP) is 2.01. The molecule has 0 heterocycles. The van der Waals surface area contributed by atoms with Crippen molar-refractivity contribution in [1.29, 1.82) is 0 Å². The van der Waals surface area contributed by atoms with Crippen LogP contribution in [0.25, 0.3) is 0 Å². The number of nitrogens with two attached hydrogens (primary N) is 1. The van der Waals surface area contributed by atoms with Gasteiger partial charge in [-0.3, -0.25) is 0 Å². The maximum absolute atomic E-state index is 5.71. The summed E-state index contributed by atoms with van der Waals surface area (Å²) in [6, 6.07) is 7.73. The summed E-state index contributed by atoms with van der Waals surface area (Å²) in [5, 5.41) is 0. The molecule has 0 aliphatic carbocycles. The molecule has 0 amide bonds. The Morgan fingerprint density at radius 2 is 1.94 bits per heavy atom. The molecule has 0 aliphatic rings. The van der Waals surface area contributed by atoms with Crippen molar-refractivity contribution in [3.63, 3.8) is 0 Å². The first-order valence-corrected chi connectivity index (χ1v) is 5.77. The second-order valence-electron chi connectivity index (χ2n) is 3.79. The molecule has 0 spiro atoms. The number of hydrogen-bond acceptors (Lipinski definition) is 4. The van der Waals surface area contributed by atoms with Crippen LogP contribution >= 0.6 is 0 Å². The van der Waals surface area contributed by atoms with E-state index in [1.54, 1.807) is 7.11 Å². The zero-order valence-electron chi connectivity index (χ0n) is 10.5. The van der Waals surface area contributed by atoms with Crippen LogP contribution in [0, 0.1) is 0 Å². The summed E-state index contributed by atoms with van der Waals surface area (Å²) in [6.45, 7) is 4.37. The fourth-order valence-electron chi connectivity index (χ4n) is 1.44. The molecular formula is C13H21NO3. The van der Waals surface area contributed by atoms with Crippen molar-refractivity contribution in [2.75, 3.05) is 39.3 Å². The van der Waals surface area contributed by atoms with Crippen LogP contribution in [0.3, 0.4) is 0 Å². The van der Waals surface area contributed by atoms with E-state index in [-0.39, 0.29) is 6.10 Å². The average molecular weight is 239 g/mol. The van der Waals surface area contributed by atoms with Crippen LogP contribution in [0.2, 0.25) is 0 Å². The van der Waals surface area contributed by atoms with Gasteiger partial charge in [0.1, 0.15) is 0 Å². The van der Waals surface area contributed by atoms with Gasteiger partial charge in [-0.2, -0.15) is 0 Å². The summed E-state index contributed by atoms with van der Waals surface area (Å²) in [4.78, 5) is 0. The molecule has 0 aliphatic heterocycles. The van der Waals surface area contributed by atoms with E-state index in [2.05, 4.69) is 0 Å². The molecule has 0 saturated heterocycles. The third kappa shape index (κ3) is 5.68. The molecule has 0 fully saturated rings. The molecule has 0 bridgehead atoms. The van der Waals surface area contributed by atoms with Crippen LogP contribution in [-0.4, -0.2) is 33.5 Å². The number of ether oxygens (including phenoxy) is 3. The molecule has 2 N–H and O–H groups in total. The highest BCUT2D eigenvalue weighted by molar-refractivity contribution is 5.41. The van der Waals surface area contributed by atoms with Crippen LogP contribution in [0.1, 0.15) is 18.6 Å². The molecule has 1 rings (SSSR count). The average Bonchev–Trinajstić information content (AvgIpc) is 2.33. The largest absolute Gasteiger partial charge is 0.399 e. The Bertz CT molecular complexity index is 317. The summed E-state index contributed by atoms with van der Waals surface area (Å²) in [5.41, 5.74) is 7.56. The lowest BCUT2D eigenvalue weighted by molar-refractivity contribution is -0.00111. The van der Waals surface area contributed by atoms with E-state index in [4.69, 9.17) is 19.9 Å². The van der Waals surface area contributed by atoms with Crippen molar-refractivity contribution in [3.8, 4) is 0 Å². The zero-order chi connectivity index (χ0) is 12.5. The molecule has 0 saturated carbocycles. The van der Waals surface area contributed by atoms with Crippen molar-refractivity contribution in [2.24, 2.45) is 0 Å². The third-order valence-corrected chi connectivity index (χ3v) is 2.41. The van der Waals surface area contributed by atoms with Crippen LogP contribution in [0.5, 0.6) is 0 Å². The van der Waals surface area contributed by atoms with Gasteiger partial charge in [0.25, 0.3) is 0 Å². The lowest BCUT2D eigenvalue weighted by Gasteiger charge is -2.14. The molecule has 1 aromatic rings. The van der Waals surface area contributed by atoms with E-state index in [1.165, 1.54) is 0 Å². The van der Waals surface area contributed by atoms with Gasteiger partial charge < -0.3 is 19.9 Å². The molecule has 1 unspecified atom stereocenters. The van der Waals surface area contributed by atoms with Gasteiger partial charge in [0.15, 0.2) is 0 Å². The van der Waals surface area contributed by atoms with Crippen molar-refractivity contribution < 1.29 is 14.2 Å². The van der Waals surface area contributed by atoms with E-state index >= 15 is 0 Å². The molecule has 4 nitrogen and oxygen atoms in total. The molecule has 4 heteroatoms. The van der Waals surface area contributed by atoms with Crippen LogP contribution < -0.4 is 5.73 Å². The number of benzene rings is 1. The van der Waals surface area contributed by atoms with E-state index in [0.717, 1.165) is 11.3 Å². The molecule has 0 radical (unpaired) electrons. The SMILES string of the molecule is COCCOCCOC(C)c1cccc(N)c1. The van der Waals surface area contributed by atoms with Crippen molar-refractivity contribution in [1.82, 2.24) is 0 Å². The quantitative estimate of drug-likeness (QED) is 0.557. The van der Waals surface area contributed by atoms with Crippen molar-refractivity contribution in [2.45, 2.75) is 13.0 Å². The summed E-state index contributed by atoms with van der Waals surface area (Å²) >= 11 is 0. The van der Waals surface area contributed by atoms with Gasteiger partial charge in [-0.25, -0.2) is 0 Å². The van der Waals surface area contributed by atoms with Gasteiger partial charge in [0.2, 0.25) is 0 Å². The van der Waals surface area contributed by atoms with E-state index in [1.807, 2.05) is 31.2 Å². The lowest BCUT2D eigenvalue weighted by Crippen LogP contribution is -2.10. The number of anilines is 1. The maximum Gasteiger partial charge on any atom is 0.0798 e. The summed E-state index contributed by atoms with van der Waals surface area (Å²) < 4.78 is 15.8. The fourth-order valence-corrected chi connectivity index (χ4v) is 1.44. The van der Waals surface area contributed by atoms with E-state index in [0.29, 0.717) is 26.4 Å². The molecule has 17 heavy (non-hydrogen) atoms. The van der Waals surface area contributed by atoms with E-state index in [9.17, 15) is 0 Å². The van der Waals surface area contributed by atoms with Gasteiger partial charge in [-0.05, 0) is 24.6 Å². The number of nitrogen functional groups attached to an aromatic ring is 1. The Morgan fingerprint density at radius 1 is 1.18 bits per heavy atom. The van der Waals surface area contributed by atoms with Gasteiger partial charge in [0, 0.05) is 12.8 Å². The molecule has 0 aromatic heterocycles. The second kappa shape index (κ2) is 8.06. The summed E-state index contributed by atoms with van der Waals surface area (Å²) in [7, 11) is 1.65. The first-order valence-electron chi connectivity index (χ1n) is 5.77. The van der Waals surface area contributed by atoms with Gasteiger partial charge >= 0.3 is 0 Å². The Morgan fingerprint density at radius 3 is 2.65 bits per heavy atom. The minimum absolute atomic E-state index is 0.0320. The van der Waals surface area contributed by atoms with Crippen LogP contribution in [0.4, 0.5) is 5.69 Å². The number of methoxy groups -OCH3 is 1. The highest BCUT2D eigenvalue weighted by atomic mass is 16.5. The minimum atomic E-state index is 0.0320. The normalized spacial score (nSPS) is 12.6. The lowest BCUT2D eigenvalue weighted by atomic mass is 10.1.